The molecule has 0 aromatic carbocycles. The van der Waals surface area contributed by atoms with Gasteiger partial charge in [0.05, 0.1) is 18.8 Å². The van der Waals surface area contributed by atoms with Crippen molar-refractivity contribution in [2.75, 3.05) is 13.2 Å². The zero-order valence-corrected chi connectivity index (χ0v) is 35.6. The van der Waals surface area contributed by atoms with Crippen LogP contribution in [-0.2, 0) is 28.2 Å². The van der Waals surface area contributed by atoms with Crippen LogP contribution in [-0.4, -0.2) is 63.5 Å². The maximum Gasteiger partial charge on any atom is 0.469 e. The molecule has 0 aliphatic heterocycles. The third-order valence-electron chi connectivity index (χ3n) is 8.92. The lowest BCUT2D eigenvalue weighted by molar-refractivity contribution is -0.161. The normalized spacial score (nSPS) is 14.3. The van der Waals surface area contributed by atoms with Crippen LogP contribution in [0.4, 0.5) is 0 Å². The Hall–Kier alpha value is -2.59. The summed E-state index contributed by atoms with van der Waals surface area (Å²) in [7, 11) is -4.80. The summed E-state index contributed by atoms with van der Waals surface area (Å²) < 4.78 is 26.3. The topological polar surface area (TPSA) is 160 Å². The Balaban J connectivity index is 4.14. The van der Waals surface area contributed by atoms with Gasteiger partial charge in [-0.05, 0) is 38.5 Å². The summed E-state index contributed by atoms with van der Waals surface area (Å²) in [6.07, 6.45) is 44.1. The molecule has 0 radical (unpaired) electrons. The molecule has 10 nitrogen and oxygen atoms in total. The summed E-state index contributed by atoms with van der Waals surface area (Å²) in [6.45, 7) is 3.35. The Morgan fingerprint density at radius 1 is 0.571 bits per heavy atom. The van der Waals surface area contributed by atoms with Crippen LogP contribution in [0.2, 0.25) is 0 Å². The van der Waals surface area contributed by atoms with Gasteiger partial charge in [-0.1, -0.05) is 189 Å². The maximum atomic E-state index is 12.4. The molecule has 4 N–H and O–H groups in total. The van der Waals surface area contributed by atoms with E-state index in [1.54, 1.807) is 36.5 Å². The van der Waals surface area contributed by atoms with Crippen molar-refractivity contribution in [3.8, 4) is 0 Å². The Morgan fingerprint density at radius 3 is 1.55 bits per heavy atom. The van der Waals surface area contributed by atoms with Crippen molar-refractivity contribution in [3.63, 3.8) is 0 Å². The van der Waals surface area contributed by atoms with Crippen molar-refractivity contribution in [1.82, 2.24) is 0 Å². The number of aliphatic hydroxyl groups is 2. The SMILES string of the molecule is CC/C=C\C[C@@H](O)/C=C/C=C\C=C\[C@@H](O)C/C=C\C/C=C\CCC(=O)OC[C@H](COP(=O)(O)O)OC(=O)CCCCCCCCCCCCCCCCCCC. The third-order valence-corrected chi connectivity index (χ3v) is 9.40. The smallest absolute Gasteiger partial charge is 0.462 e. The third kappa shape index (κ3) is 41.1. The molecular formula is C45H77O10P. The lowest BCUT2D eigenvalue weighted by Crippen LogP contribution is -2.29. The first kappa shape index (κ1) is 53.4. The van der Waals surface area contributed by atoms with Crippen molar-refractivity contribution < 1.29 is 48.2 Å². The van der Waals surface area contributed by atoms with Crippen LogP contribution in [0.25, 0.3) is 0 Å². The number of ether oxygens (including phenoxy) is 2. The fourth-order valence-electron chi connectivity index (χ4n) is 5.69. The number of aliphatic hydroxyl groups excluding tert-OH is 2. The molecule has 0 aromatic heterocycles. The standard InChI is InChI=1S/C45H77O10P/c1-3-5-7-8-9-10-11-12-13-14-15-16-17-18-19-24-32-38-45(49)55-43(40-54-56(50,51)52)39-53-44(48)37-31-23-21-20-22-28-34-42(47)36-30-26-25-29-35-41(46)33-27-6-4-2/h6,21-23,25-30,35-36,41-43,46-47H,3-5,7-20,24,31-34,37-40H2,1-2H3,(H2,50,51,52)/b23-21-,26-25-,27-6-,28-22-,35-29+,36-30+/t41-,42+,43-/m1/s1. The van der Waals surface area contributed by atoms with Gasteiger partial charge in [-0.3, -0.25) is 14.1 Å². The van der Waals surface area contributed by atoms with E-state index in [9.17, 15) is 24.4 Å². The average molecular weight is 809 g/mol. The molecule has 322 valence electrons. The molecule has 0 aromatic rings. The predicted octanol–water partition coefficient (Wildman–Crippen LogP) is 11.0. The van der Waals surface area contributed by atoms with E-state index in [-0.39, 0.29) is 19.4 Å². The molecule has 3 atom stereocenters. The van der Waals surface area contributed by atoms with Gasteiger partial charge in [0.25, 0.3) is 0 Å². The van der Waals surface area contributed by atoms with Crippen LogP contribution in [0.5, 0.6) is 0 Å². The number of rotatable bonds is 38. The second-order valence-corrected chi connectivity index (χ2v) is 15.6. The number of allylic oxidation sites excluding steroid dienone is 8. The van der Waals surface area contributed by atoms with Crippen molar-refractivity contribution >= 4 is 19.8 Å². The van der Waals surface area contributed by atoms with E-state index in [1.165, 1.54) is 83.5 Å². The number of carbonyl (C=O) groups excluding carboxylic acids is 2. The van der Waals surface area contributed by atoms with Crippen molar-refractivity contribution in [1.29, 1.82) is 0 Å². The summed E-state index contributed by atoms with van der Waals surface area (Å²) in [4.78, 5) is 42.8. The average Bonchev–Trinajstić information content (AvgIpc) is 3.16. The minimum absolute atomic E-state index is 0.0839. The zero-order chi connectivity index (χ0) is 41.4. The van der Waals surface area contributed by atoms with E-state index < -0.39 is 44.7 Å². The van der Waals surface area contributed by atoms with Gasteiger partial charge in [0.1, 0.15) is 6.61 Å². The van der Waals surface area contributed by atoms with E-state index in [0.717, 1.165) is 25.7 Å². The fourth-order valence-corrected chi connectivity index (χ4v) is 6.05. The minimum Gasteiger partial charge on any atom is -0.462 e. The highest BCUT2D eigenvalue weighted by Gasteiger charge is 2.22. The highest BCUT2D eigenvalue weighted by Crippen LogP contribution is 2.36. The van der Waals surface area contributed by atoms with Gasteiger partial charge >= 0.3 is 19.8 Å². The number of phosphoric acid groups is 1. The predicted molar refractivity (Wildman–Crippen MR) is 228 cm³/mol. The molecule has 0 bridgehead atoms. The summed E-state index contributed by atoms with van der Waals surface area (Å²) >= 11 is 0. The van der Waals surface area contributed by atoms with Crippen molar-refractivity contribution in [2.45, 2.75) is 186 Å². The molecule has 0 aliphatic carbocycles. The molecule has 56 heavy (non-hydrogen) atoms. The molecule has 0 aliphatic rings. The Bertz CT molecular complexity index is 1170. The molecule has 0 saturated heterocycles. The van der Waals surface area contributed by atoms with Gasteiger partial charge in [0.15, 0.2) is 6.10 Å². The van der Waals surface area contributed by atoms with Crippen LogP contribution in [0, 0.1) is 0 Å². The van der Waals surface area contributed by atoms with Gasteiger partial charge in [-0.2, -0.15) is 0 Å². The number of hydrogen-bond acceptors (Lipinski definition) is 8. The second-order valence-electron chi connectivity index (χ2n) is 14.3. The van der Waals surface area contributed by atoms with Crippen LogP contribution in [0.15, 0.2) is 72.9 Å². The van der Waals surface area contributed by atoms with E-state index in [4.69, 9.17) is 19.3 Å². The van der Waals surface area contributed by atoms with Crippen LogP contribution >= 0.6 is 7.82 Å². The van der Waals surface area contributed by atoms with Gasteiger partial charge in [-0.15, -0.1) is 0 Å². The first-order valence-electron chi connectivity index (χ1n) is 21.4. The first-order valence-corrected chi connectivity index (χ1v) is 23.0. The lowest BCUT2D eigenvalue weighted by Gasteiger charge is -2.18. The molecule has 0 fully saturated rings. The van der Waals surface area contributed by atoms with Crippen LogP contribution in [0.1, 0.15) is 168 Å². The molecule has 0 unspecified atom stereocenters. The molecule has 0 amide bonds. The summed E-state index contributed by atoms with van der Waals surface area (Å²) in [5, 5.41) is 19.9. The first-order chi connectivity index (χ1) is 27.1. The van der Waals surface area contributed by atoms with Gasteiger partial charge < -0.3 is 29.5 Å². The summed E-state index contributed by atoms with van der Waals surface area (Å²) in [5.74, 6) is -1.05. The largest absolute Gasteiger partial charge is 0.469 e. The molecule has 0 spiro atoms. The Morgan fingerprint density at radius 2 is 1.05 bits per heavy atom. The molecule has 0 saturated carbocycles. The van der Waals surface area contributed by atoms with Gasteiger partial charge in [0, 0.05) is 12.8 Å². The number of unbranched alkanes of at least 4 members (excludes halogenated alkanes) is 16. The van der Waals surface area contributed by atoms with E-state index in [2.05, 4.69) is 11.4 Å². The van der Waals surface area contributed by atoms with Crippen LogP contribution in [0.3, 0.4) is 0 Å². The van der Waals surface area contributed by atoms with Gasteiger partial charge in [0.2, 0.25) is 0 Å². The zero-order valence-electron chi connectivity index (χ0n) is 34.7. The lowest BCUT2D eigenvalue weighted by atomic mass is 10.0. The van der Waals surface area contributed by atoms with E-state index >= 15 is 0 Å². The van der Waals surface area contributed by atoms with Crippen molar-refractivity contribution in [2.24, 2.45) is 0 Å². The monoisotopic (exact) mass is 809 g/mol. The summed E-state index contributed by atoms with van der Waals surface area (Å²) in [6, 6.07) is 0. The minimum atomic E-state index is -4.80. The van der Waals surface area contributed by atoms with Crippen molar-refractivity contribution in [3.05, 3.63) is 72.9 Å². The van der Waals surface area contributed by atoms with Gasteiger partial charge in [-0.25, -0.2) is 4.57 Å². The maximum absolute atomic E-state index is 12.4. The summed E-state index contributed by atoms with van der Waals surface area (Å²) in [5.41, 5.74) is 0. The quantitative estimate of drug-likeness (QED) is 0.0155. The number of hydrogen-bond donors (Lipinski definition) is 4. The second kappa shape index (κ2) is 39.2. The Kier molecular flexibility index (Phi) is 37.4. The number of phosphoric ester groups is 1. The number of esters is 2. The highest BCUT2D eigenvalue weighted by molar-refractivity contribution is 7.46. The molecule has 11 heteroatoms. The number of carbonyl (C=O) groups is 2. The molecule has 0 heterocycles. The molecular weight excluding hydrogens is 731 g/mol. The van der Waals surface area contributed by atoms with Crippen LogP contribution < -0.4 is 0 Å². The fraction of sp³-hybridized carbons (Fsp3) is 0.689. The Labute approximate surface area is 339 Å². The van der Waals surface area contributed by atoms with E-state index in [0.29, 0.717) is 32.1 Å². The van der Waals surface area contributed by atoms with E-state index in [1.807, 2.05) is 43.4 Å². The highest BCUT2D eigenvalue weighted by atomic mass is 31.2. The molecule has 0 rings (SSSR count).